The van der Waals surface area contributed by atoms with E-state index in [0.717, 1.165) is 22.4 Å². The summed E-state index contributed by atoms with van der Waals surface area (Å²) in [6.45, 7) is 8.53. The average Bonchev–Trinajstić information content (AvgIpc) is 3.10. The highest BCUT2D eigenvalue weighted by Gasteiger charge is 2.21. The normalized spacial score (nSPS) is 11.8. The van der Waals surface area contributed by atoms with E-state index in [-0.39, 0.29) is 11.9 Å². The second kappa shape index (κ2) is 8.90. The monoisotopic (exact) mass is 409 g/mol. The van der Waals surface area contributed by atoms with Crippen molar-refractivity contribution >= 4 is 16.9 Å². The Balaban J connectivity index is 1.94. The zero-order valence-corrected chi connectivity index (χ0v) is 18.0. The Labute approximate surface area is 176 Å². The van der Waals surface area contributed by atoms with E-state index < -0.39 is 0 Å². The number of imidazole rings is 1. The third-order valence-electron chi connectivity index (χ3n) is 4.77. The summed E-state index contributed by atoms with van der Waals surface area (Å²) in [5.74, 6) is 1.77. The molecule has 158 valence electrons. The fraction of sp³-hybridized carbons (Fsp3) is 0.304. The zero-order chi connectivity index (χ0) is 21.8. The fourth-order valence-electron chi connectivity index (χ4n) is 3.42. The predicted octanol–water partition coefficient (Wildman–Crippen LogP) is 4.13. The van der Waals surface area contributed by atoms with Gasteiger partial charge in [0.2, 0.25) is 5.75 Å². The third-order valence-corrected chi connectivity index (χ3v) is 4.77. The molecule has 30 heavy (non-hydrogen) atoms. The summed E-state index contributed by atoms with van der Waals surface area (Å²) < 4.78 is 18.1. The van der Waals surface area contributed by atoms with E-state index in [1.807, 2.05) is 38.1 Å². The van der Waals surface area contributed by atoms with E-state index in [1.165, 1.54) is 21.3 Å². The van der Waals surface area contributed by atoms with Gasteiger partial charge in [0.05, 0.1) is 38.4 Å². The number of hydrogen-bond acceptors (Lipinski definition) is 5. The summed E-state index contributed by atoms with van der Waals surface area (Å²) in [4.78, 5) is 17.7. The number of methoxy groups -OCH3 is 3. The van der Waals surface area contributed by atoms with E-state index in [9.17, 15) is 4.79 Å². The number of hydrogen-bond donors (Lipinski definition) is 1. The first-order valence-electron chi connectivity index (χ1n) is 9.60. The SMILES string of the molecule is C=C(C)Cn1c(C(C)NC(=O)c2cc(OC)c(OC)c(OC)c2)nc2ccccc21. The number of carbonyl (C=O) groups excluding carboxylic acids is 1. The highest BCUT2D eigenvalue weighted by atomic mass is 16.5. The van der Waals surface area contributed by atoms with Crippen molar-refractivity contribution < 1.29 is 19.0 Å². The molecule has 0 saturated heterocycles. The van der Waals surface area contributed by atoms with Gasteiger partial charge in [-0.15, -0.1) is 0 Å². The van der Waals surface area contributed by atoms with Crippen molar-refractivity contribution in [3.8, 4) is 17.2 Å². The van der Waals surface area contributed by atoms with Crippen LogP contribution in [0.25, 0.3) is 11.0 Å². The molecule has 0 saturated carbocycles. The van der Waals surface area contributed by atoms with Crippen LogP contribution in [0.5, 0.6) is 17.2 Å². The van der Waals surface area contributed by atoms with Crippen LogP contribution >= 0.6 is 0 Å². The van der Waals surface area contributed by atoms with Crippen molar-refractivity contribution in [1.29, 1.82) is 0 Å². The Morgan fingerprint density at radius 1 is 1.13 bits per heavy atom. The number of para-hydroxylation sites is 2. The molecule has 2 aromatic carbocycles. The van der Waals surface area contributed by atoms with Gasteiger partial charge in [0.1, 0.15) is 5.82 Å². The Hall–Kier alpha value is -3.48. The molecule has 3 rings (SSSR count). The van der Waals surface area contributed by atoms with E-state index in [1.54, 1.807) is 12.1 Å². The largest absolute Gasteiger partial charge is 0.493 e. The predicted molar refractivity (Wildman–Crippen MR) is 117 cm³/mol. The summed E-state index contributed by atoms with van der Waals surface area (Å²) >= 11 is 0. The van der Waals surface area contributed by atoms with Gasteiger partial charge in [-0.25, -0.2) is 4.98 Å². The van der Waals surface area contributed by atoms with Crippen LogP contribution in [0.1, 0.15) is 36.1 Å². The molecule has 0 aliphatic carbocycles. The first-order valence-corrected chi connectivity index (χ1v) is 9.60. The smallest absolute Gasteiger partial charge is 0.252 e. The van der Waals surface area contributed by atoms with Crippen LogP contribution in [0.3, 0.4) is 0 Å². The topological polar surface area (TPSA) is 74.6 Å². The summed E-state index contributed by atoms with van der Waals surface area (Å²) in [5.41, 5.74) is 3.29. The lowest BCUT2D eigenvalue weighted by molar-refractivity contribution is 0.0937. The van der Waals surface area contributed by atoms with Crippen molar-refractivity contribution in [2.45, 2.75) is 26.4 Å². The number of ether oxygens (including phenoxy) is 3. The molecule has 1 atom stereocenters. The molecule has 0 radical (unpaired) electrons. The lowest BCUT2D eigenvalue weighted by atomic mass is 10.1. The molecule has 1 amide bonds. The van der Waals surface area contributed by atoms with Crippen molar-refractivity contribution in [2.75, 3.05) is 21.3 Å². The fourth-order valence-corrected chi connectivity index (χ4v) is 3.42. The average molecular weight is 409 g/mol. The highest BCUT2D eigenvalue weighted by Crippen LogP contribution is 2.38. The molecule has 7 nitrogen and oxygen atoms in total. The van der Waals surface area contributed by atoms with Crippen LogP contribution < -0.4 is 19.5 Å². The number of fused-ring (bicyclic) bond motifs is 1. The molecule has 1 aromatic heterocycles. The maximum atomic E-state index is 13.0. The van der Waals surface area contributed by atoms with Crippen molar-refractivity contribution in [3.05, 3.63) is 59.9 Å². The quantitative estimate of drug-likeness (QED) is 0.566. The van der Waals surface area contributed by atoms with Crippen molar-refractivity contribution in [1.82, 2.24) is 14.9 Å². The van der Waals surface area contributed by atoms with Crippen LogP contribution in [-0.2, 0) is 6.54 Å². The number of carbonyl (C=O) groups is 1. The van der Waals surface area contributed by atoms with Crippen LogP contribution in [-0.4, -0.2) is 36.8 Å². The lowest BCUT2D eigenvalue weighted by Gasteiger charge is -2.18. The van der Waals surface area contributed by atoms with Gasteiger partial charge in [-0.05, 0) is 38.1 Å². The van der Waals surface area contributed by atoms with E-state index in [2.05, 4.69) is 16.5 Å². The summed E-state index contributed by atoms with van der Waals surface area (Å²) in [5, 5.41) is 3.02. The van der Waals surface area contributed by atoms with Gasteiger partial charge in [0.15, 0.2) is 11.5 Å². The molecular formula is C23H27N3O4. The molecule has 0 fully saturated rings. The second-order valence-corrected chi connectivity index (χ2v) is 7.11. The summed E-state index contributed by atoms with van der Waals surface area (Å²) in [6, 6.07) is 10.8. The van der Waals surface area contributed by atoms with E-state index in [4.69, 9.17) is 19.2 Å². The lowest BCUT2D eigenvalue weighted by Crippen LogP contribution is -2.29. The first kappa shape index (κ1) is 21.2. The number of nitrogens with one attached hydrogen (secondary N) is 1. The third kappa shape index (κ3) is 4.10. The van der Waals surface area contributed by atoms with Crippen LogP contribution in [0.2, 0.25) is 0 Å². The van der Waals surface area contributed by atoms with Crippen LogP contribution in [0.4, 0.5) is 0 Å². The van der Waals surface area contributed by atoms with Gasteiger partial charge < -0.3 is 24.1 Å². The van der Waals surface area contributed by atoms with Gasteiger partial charge >= 0.3 is 0 Å². The molecule has 1 heterocycles. The molecule has 1 N–H and O–H groups in total. The van der Waals surface area contributed by atoms with Gasteiger partial charge in [-0.2, -0.15) is 0 Å². The van der Waals surface area contributed by atoms with Gasteiger partial charge in [0, 0.05) is 12.1 Å². The maximum Gasteiger partial charge on any atom is 0.252 e. The standard InChI is InChI=1S/C23H27N3O4/c1-14(2)13-26-18-10-8-7-9-17(18)25-22(26)15(3)24-23(27)16-11-19(28-4)21(30-6)20(12-16)29-5/h7-12,15H,1,13H2,2-6H3,(H,24,27). The van der Waals surface area contributed by atoms with Crippen LogP contribution in [0.15, 0.2) is 48.6 Å². The molecule has 7 heteroatoms. The van der Waals surface area contributed by atoms with E-state index >= 15 is 0 Å². The minimum atomic E-state index is -0.330. The maximum absolute atomic E-state index is 13.0. The number of rotatable bonds is 8. The minimum absolute atomic E-state index is 0.268. The first-order chi connectivity index (χ1) is 14.4. The number of nitrogens with zero attached hydrogens (tertiary/aromatic N) is 2. The number of benzene rings is 2. The minimum Gasteiger partial charge on any atom is -0.493 e. The van der Waals surface area contributed by atoms with Crippen molar-refractivity contribution in [2.24, 2.45) is 0 Å². The zero-order valence-electron chi connectivity index (χ0n) is 18.0. The number of aromatic nitrogens is 2. The van der Waals surface area contributed by atoms with Gasteiger partial charge in [-0.1, -0.05) is 24.3 Å². The number of amides is 1. The molecule has 1 unspecified atom stereocenters. The van der Waals surface area contributed by atoms with E-state index in [0.29, 0.717) is 29.4 Å². The Morgan fingerprint density at radius 3 is 2.33 bits per heavy atom. The van der Waals surface area contributed by atoms with Gasteiger partial charge in [0.25, 0.3) is 5.91 Å². The molecule has 0 aliphatic rings. The van der Waals surface area contributed by atoms with Gasteiger partial charge in [-0.3, -0.25) is 4.79 Å². The molecule has 0 aliphatic heterocycles. The molecular weight excluding hydrogens is 382 g/mol. The summed E-state index contributed by atoms with van der Waals surface area (Å²) in [7, 11) is 4.55. The Morgan fingerprint density at radius 2 is 1.77 bits per heavy atom. The molecule has 3 aromatic rings. The Kier molecular flexibility index (Phi) is 6.30. The molecule has 0 spiro atoms. The van der Waals surface area contributed by atoms with Crippen molar-refractivity contribution in [3.63, 3.8) is 0 Å². The molecule has 0 bridgehead atoms. The Bertz CT molecular complexity index is 1060. The van der Waals surface area contributed by atoms with Crippen LogP contribution in [0, 0.1) is 0 Å². The number of allylic oxidation sites excluding steroid dienone is 1. The second-order valence-electron chi connectivity index (χ2n) is 7.11. The highest BCUT2D eigenvalue weighted by molar-refractivity contribution is 5.96. The summed E-state index contributed by atoms with van der Waals surface area (Å²) in [6.07, 6.45) is 0.